The number of primary amides is 1. The molecular weight excluding hydrogens is 1290 g/mol. The van der Waals surface area contributed by atoms with Crippen molar-refractivity contribution in [3.63, 3.8) is 0 Å². The van der Waals surface area contributed by atoms with Crippen molar-refractivity contribution in [1.82, 2.24) is 45.6 Å². The number of benzene rings is 4. The second kappa shape index (κ2) is 40.4. The Labute approximate surface area is 591 Å². The highest BCUT2D eigenvalue weighted by molar-refractivity contribution is 6.00. The van der Waals surface area contributed by atoms with Crippen molar-refractivity contribution in [2.75, 3.05) is 121 Å². The number of hydrogen-bond acceptors (Lipinski definition) is 19. The molecule has 101 heavy (non-hydrogen) atoms. The molecule has 3 atom stereocenters. The molecule has 27 heteroatoms. The Morgan fingerprint density at radius 3 is 2.16 bits per heavy atom. The number of anilines is 4. The minimum Gasteiger partial charge on any atom is -0.496 e. The lowest BCUT2D eigenvalue weighted by atomic mass is 9.95. The van der Waals surface area contributed by atoms with Crippen molar-refractivity contribution in [3.05, 3.63) is 137 Å². The van der Waals surface area contributed by atoms with Crippen LogP contribution in [0.15, 0.2) is 103 Å². The number of carbonyl (C=O) groups excluding carboxylic acids is 6. The van der Waals surface area contributed by atoms with Gasteiger partial charge >= 0.3 is 6.03 Å². The van der Waals surface area contributed by atoms with Gasteiger partial charge in [0.1, 0.15) is 23.3 Å². The van der Waals surface area contributed by atoms with Crippen LogP contribution in [0.1, 0.15) is 112 Å². The first kappa shape index (κ1) is 77.7. The maximum Gasteiger partial charge on any atom is 0.312 e. The van der Waals surface area contributed by atoms with E-state index in [1.54, 1.807) is 55.0 Å². The minimum atomic E-state index is -1.17. The summed E-state index contributed by atoms with van der Waals surface area (Å²) in [6, 6.07) is 28.3. The molecule has 1 unspecified atom stereocenters. The van der Waals surface area contributed by atoms with E-state index in [1.807, 2.05) is 61.8 Å². The number of amides is 7. The molecule has 546 valence electrons. The fraction of sp³-hybridized carbons (Fsp3) is 0.486. The van der Waals surface area contributed by atoms with Gasteiger partial charge in [-0.3, -0.25) is 33.8 Å². The van der Waals surface area contributed by atoms with Gasteiger partial charge in [0, 0.05) is 82.0 Å². The van der Waals surface area contributed by atoms with Crippen LogP contribution in [0.4, 0.5) is 27.9 Å². The molecule has 0 saturated carbocycles. The van der Waals surface area contributed by atoms with E-state index in [1.165, 1.54) is 0 Å². The standard InChI is InChI=1S/C74H102N14O13/c1-7-8-13-30-78-69-68-60(82-72(75)84-69)28-33-87(68)45-56-23-20-53(43-63(56)96-6)44-86-47-58(48-86)85(5)74(95)101-49-52-21-24-57(25-22-52)80-70(92)61(18-14-31-79-73(76)94)81-71(93)67(50(2)3)83-65(90)29-34-97-36-38-99-40-41-100-39-37-98-35-32-77-64(89)26-27-66(91)88-46-55-16-9-11-17-59(55)51(4)42-54-15-10-12-19-62(54)88/h9-12,15-17,19-25,28,33,42-43,50,58,61,67,74,95H,7-8,13-14,18,26-27,29-32,34-41,44-49H2,1-6H3,(H,77,89)(H,80,92)(H,81,93)(H,83,90)(H3,76,79,94)(H3,75,78,82,84)/b51-42-/t61-,67-,74?/m0/s1. The Bertz CT molecular complexity index is 3700. The number of ether oxygens (including phenoxy) is 6. The van der Waals surface area contributed by atoms with Crippen LogP contribution >= 0.6 is 0 Å². The van der Waals surface area contributed by atoms with E-state index < -0.39 is 42.3 Å². The molecule has 2 aromatic heterocycles. The van der Waals surface area contributed by atoms with E-state index in [9.17, 15) is 33.9 Å². The lowest BCUT2D eigenvalue weighted by Gasteiger charge is -2.45. The molecule has 4 aromatic carbocycles. The van der Waals surface area contributed by atoms with Crippen LogP contribution < -0.4 is 53.0 Å². The molecule has 27 nitrogen and oxygen atoms in total. The van der Waals surface area contributed by atoms with Crippen molar-refractivity contribution in [1.29, 1.82) is 0 Å². The number of nitrogen functional groups attached to an aromatic ring is 1. The molecule has 1 saturated heterocycles. The zero-order valence-electron chi connectivity index (χ0n) is 59.1. The minimum absolute atomic E-state index is 0.0279. The van der Waals surface area contributed by atoms with E-state index in [4.69, 9.17) is 39.9 Å². The number of allylic oxidation sites excluding steroid dienone is 1. The van der Waals surface area contributed by atoms with Gasteiger partial charge in [-0.1, -0.05) is 100 Å². The molecule has 11 N–H and O–H groups in total. The van der Waals surface area contributed by atoms with E-state index in [0.717, 1.165) is 106 Å². The maximum absolute atomic E-state index is 13.8. The summed E-state index contributed by atoms with van der Waals surface area (Å²) >= 11 is 0. The predicted molar refractivity (Wildman–Crippen MR) is 388 cm³/mol. The Kier molecular flexibility index (Phi) is 31.1. The topological polar surface area (TPSA) is 343 Å². The zero-order valence-corrected chi connectivity index (χ0v) is 59.1. The fourth-order valence-electron chi connectivity index (χ4n) is 11.9. The number of nitrogens with zero attached hydrogens (tertiary/aromatic N) is 6. The smallest absolute Gasteiger partial charge is 0.312 e. The number of likely N-dealkylation sites (N-methyl/N-ethyl adjacent to an activating group) is 1. The summed E-state index contributed by atoms with van der Waals surface area (Å²) in [5.41, 5.74) is 21.3. The number of unbranched alkanes of at least 4 members (excludes halogenated alkanes) is 2. The van der Waals surface area contributed by atoms with E-state index in [0.29, 0.717) is 64.7 Å². The van der Waals surface area contributed by atoms with Gasteiger partial charge in [-0.15, -0.1) is 0 Å². The molecule has 1 fully saturated rings. The number of para-hydroxylation sites is 1. The maximum atomic E-state index is 13.8. The average Bonchev–Trinajstić information content (AvgIpc) is 1.78. The summed E-state index contributed by atoms with van der Waals surface area (Å²) < 4.78 is 36.3. The first-order valence-electron chi connectivity index (χ1n) is 34.9. The van der Waals surface area contributed by atoms with Crippen LogP contribution in [-0.2, 0) is 73.9 Å². The largest absolute Gasteiger partial charge is 0.496 e. The lowest BCUT2D eigenvalue weighted by Crippen LogP contribution is -2.60. The summed E-state index contributed by atoms with van der Waals surface area (Å²) in [4.78, 5) is 93.1. The number of hydrogen-bond donors (Lipinski definition) is 9. The van der Waals surface area contributed by atoms with Crippen LogP contribution in [-0.4, -0.2) is 189 Å². The molecule has 0 spiro atoms. The predicted octanol–water partition coefficient (Wildman–Crippen LogP) is 6.75. The monoisotopic (exact) mass is 1390 g/mol. The van der Waals surface area contributed by atoms with Gasteiger partial charge in [0.15, 0.2) is 5.82 Å². The molecule has 6 aromatic rings. The van der Waals surface area contributed by atoms with Crippen LogP contribution in [0.3, 0.4) is 0 Å². The number of likely N-dealkylation sites (tertiary alicyclic amines) is 1. The van der Waals surface area contributed by atoms with Crippen molar-refractivity contribution in [2.24, 2.45) is 11.7 Å². The number of aliphatic hydroxyl groups is 1. The molecule has 2 aliphatic heterocycles. The first-order valence-corrected chi connectivity index (χ1v) is 34.9. The van der Waals surface area contributed by atoms with Crippen molar-refractivity contribution < 1.29 is 62.3 Å². The summed E-state index contributed by atoms with van der Waals surface area (Å²) in [7, 11) is 3.50. The number of nitrogens with one attached hydrogen (secondary N) is 6. The highest BCUT2D eigenvalue weighted by atomic mass is 16.6. The number of aromatic nitrogens is 3. The third kappa shape index (κ3) is 24.3. The van der Waals surface area contributed by atoms with Gasteiger partial charge in [0.25, 0.3) is 0 Å². The number of aliphatic hydroxyl groups excluding tert-OH is 1. The Morgan fingerprint density at radius 2 is 1.44 bits per heavy atom. The molecule has 7 amide bonds. The SMILES string of the molecule is CCCCCNc1nc(N)nc2ccn(Cc3ccc(CN4CC(N(C)C(O)OCc5ccc(NC(=O)[C@H](CCCNC(N)=O)NC(=O)[C@@H](NC(=O)CCOCCOCCOCCOCCNC(=O)CCC(=O)N6Cc7ccccc7/C(C)=C\c7ccccc76)C(C)C)cc5)C4)cc3OC)c12. The average molecular weight is 1400 g/mol. The quantitative estimate of drug-likeness (QED) is 0.0141. The number of rotatable bonds is 43. The van der Waals surface area contributed by atoms with E-state index in [2.05, 4.69) is 95.5 Å². The van der Waals surface area contributed by atoms with Crippen molar-refractivity contribution in [3.8, 4) is 5.75 Å². The molecular formula is C74H102N14O13. The summed E-state index contributed by atoms with van der Waals surface area (Å²) in [6.45, 7) is 14.4. The van der Waals surface area contributed by atoms with Crippen LogP contribution in [0.25, 0.3) is 22.7 Å². The Morgan fingerprint density at radius 1 is 0.733 bits per heavy atom. The number of nitrogens with two attached hydrogens (primary N) is 2. The van der Waals surface area contributed by atoms with Gasteiger partial charge in [-0.2, -0.15) is 4.98 Å². The van der Waals surface area contributed by atoms with Gasteiger partial charge in [-0.25, -0.2) is 9.78 Å². The van der Waals surface area contributed by atoms with Crippen LogP contribution in [0, 0.1) is 5.92 Å². The number of methoxy groups -OCH3 is 1. The number of carbonyl (C=O) groups is 6. The highest BCUT2D eigenvalue weighted by Gasteiger charge is 2.34. The van der Waals surface area contributed by atoms with E-state index >= 15 is 0 Å². The molecule has 0 bridgehead atoms. The van der Waals surface area contributed by atoms with E-state index in [-0.39, 0.29) is 95.0 Å². The number of fused-ring (bicyclic) bond motifs is 3. The molecule has 8 rings (SSSR count). The fourth-order valence-corrected chi connectivity index (χ4v) is 11.9. The third-order valence-electron chi connectivity index (χ3n) is 17.5. The molecule has 0 radical (unpaired) electrons. The van der Waals surface area contributed by atoms with Crippen LogP contribution in [0.2, 0.25) is 0 Å². The second-order valence-corrected chi connectivity index (χ2v) is 25.6. The van der Waals surface area contributed by atoms with Gasteiger partial charge in [0.2, 0.25) is 41.9 Å². The first-order chi connectivity index (χ1) is 48.9. The third-order valence-corrected chi connectivity index (χ3v) is 17.5. The second-order valence-electron chi connectivity index (χ2n) is 25.6. The van der Waals surface area contributed by atoms with Crippen LogP contribution in [0.5, 0.6) is 5.75 Å². The van der Waals surface area contributed by atoms with Gasteiger partial charge in [0.05, 0.1) is 90.9 Å². The zero-order chi connectivity index (χ0) is 72.0. The normalized spacial score (nSPS) is 14.5. The van der Waals surface area contributed by atoms with Gasteiger partial charge < -0.3 is 86.4 Å². The highest BCUT2D eigenvalue weighted by Crippen LogP contribution is 2.34. The number of urea groups is 1. The molecule has 2 aliphatic rings. The Hall–Kier alpha value is -9.06. The summed E-state index contributed by atoms with van der Waals surface area (Å²) in [5.74, 6) is -0.469. The molecule has 4 heterocycles. The lowest BCUT2D eigenvalue weighted by molar-refractivity contribution is -0.216. The summed E-state index contributed by atoms with van der Waals surface area (Å²) in [5, 5.41) is 28.3. The molecule has 0 aliphatic carbocycles. The van der Waals surface area contributed by atoms with Crippen molar-refractivity contribution in [2.45, 2.75) is 130 Å². The van der Waals surface area contributed by atoms with Gasteiger partial charge in [-0.05, 0) is 109 Å². The Balaban J connectivity index is 0.667. The van der Waals surface area contributed by atoms with Crippen molar-refractivity contribution >= 4 is 81.4 Å². The summed E-state index contributed by atoms with van der Waals surface area (Å²) in [6.07, 6.45) is 6.74.